The number of carbonyl (C=O) groups is 2. The standard InChI is InChI=1S/C14H17FN2O3/c1-4-17(7-14(2,3)20)11-6-10-8(5-9(11)15)12(18)13(19)16-10/h5-6,20H,4,7H2,1-3H3,(H,16,18,19). The molecule has 5 nitrogen and oxygen atoms in total. The van der Waals surface area contributed by atoms with Crippen LogP contribution in [0.5, 0.6) is 0 Å². The number of nitrogens with zero attached hydrogens (tertiary/aromatic N) is 1. The first-order valence-corrected chi connectivity index (χ1v) is 6.39. The van der Waals surface area contributed by atoms with Crippen molar-refractivity contribution >= 4 is 23.1 Å². The molecule has 108 valence electrons. The summed E-state index contributed by atoms with van der Waals surface area (Å²) in [5.41, 5.74) is -0.370. The molecule has 0 unspecified atom stereocenters. The number of carbonyl (C=O) groups excluding carboxylic acids is 2. The summed E-state index contributed by atoms with van der Waals surface area (Å²) in [5.74, 6) is -2.06. The van der Waals surface area contributed by atoms with Crippen LogP contribution in [0.2, 0.25) is 0 Å². The minimum absolute atomic E-state index is 0.0514. The Morgan fingerprint density at radius 3 is 2.55 bits per heavy atom. The second-order valence-corrected chi connectivity index (χ2v) is 5.46. The van der Waals surface area contributed by atoms with Gasteiger partial charge in [0.05, 0.1) is 22.5 Å². The van der Waals surface area contributed by atoms with Crippen LogP contribution in [-0.4, -0.2) is 35.5 Å². The van der Waals surface area contributed by atoms with Gasteiger partial charge in [-0.25, -0.2) is 4.39 Å². The summed E-state index contributed by atoms with van der Waals surface area (Å²) in [6, 6.07) is 2.50. The summed E-state index contributed by atoms with van der Waals surface area (Å²) in [4.78, 5) is 24.4. The van der Waals surface area contributed by atoms with Crippen molar-refractivity contribution in [2.75, 3.05) is 23.3 Å². The Morgan fingerprint density at radius 2 is 2.00 bits per heavy atom. The van der Waals surface area contributed by atoms with E-state index in [0.717, 1.165) is 6.07 Å². The molecule has 1 heterocycles. The quantitative estimate of drug-likeness (QED) is 0.821. The molecule has 0 saturated carbocycles. The number of amides is 1. The van der Waals surface area contributed by atoms with Crippen LogP contribution in [0.4, 0.5) is 15.8 Å². The lowest BCUT2D eigenvalue weighted by Gasteiger charge is -2.30. The van der Waals surface area contributed by atoms with Gasteiger partial charge in [-0.05, 0) is 32.9 Å². The number of fused-ring (bicyclic) bond motifs is 1. The average Bonchev–Trinajstić information content (AvgIpc) is 2.61. The summed E-state index contributed by atoms with van der Waals surface area (Å²) in [6.07, 6.45) is 0. The Hall–Kier alpha value is -1.95. The van der Waals surface area contributed by atoms with Gasteiger partial charge >= 0.3 is 0 Å². The van der Waals surface area contributed by atoms with Gasteiger partial charge in [0.25, 0.3) is 11.7 Å². The van der Waals surface area contributed by atoms with Gasteiger partial charge in [0.2, 0.25) is 0 Å². The summed E-state index contributed by atoms with van der Waals surface area (Å²) < 4.78 is 14.1. The zero-order chi connectivity index (χ0) is 15.1. The predicted octanol–water partition coefficient (Wildman–Crippen LogP) is 1.56. The van der Waals surface area contributed by atoms with Crippen molar-refractivity contribution in [1.29, 1.82) is 0 Å². The van der Waals surface area contributed by atoms with Crippen LogP contribution in [0, 0.1) is 5.82 Å². The fourth-order valence-corrected chi connectivity index (χ4v) is 2.23. The molecule has 1 aliphatic heterocycles. The highest BCUT2D eigenvalue weighted by atomic mass is 19.1. The van der Waals surface area contributed by atoms with E-state index < -0.39 is 23.1 Å². The first-order valence-electron chi connectivity index (χ1n) is 6.39. The van der Waals surface area contributed by atoms with Crippen LogP contribution >= 0.6 is 0 Å². The van der Waals surface area contributed by atoms with E-state index in [1.165, 1.54) is 6.07 Å². The molecule has 2 rings (SSSR count). The number of Topliss-reactive ketones (excluding diaryl/α,β-unsaturated/α-hetero) is 1. The fraction of sp³-hybridized carbons (Fsp3) is 0.429. The third-order valence-electron chi connectivity index (χ3n) is 3.09. The number of hydrogen-bond donors (Lipinski definition) is 2. The van der Waals surface area contributed by atoms with Gasteiger partial charge in [0, 0.05) is 13.1 Å². The molecule has 0 aromatic heterocycles. The first kappa shape index (κ1) is 14.5. The maximum Gasteiger partial charge on any atom is 0.296 e. The van der Waals surface area contributed by atoms with Gasteiger partial charge in [-0.15, -0.1) is 0 Å². The monoisotopic (exact) mass is 280 g/mol. The smallest absolute Gasteiger partial charge is 0.296 e. The van der Waals surface area contributed by atoms with Gasteiger partial charge in [0.1, 0.15) is 5.82 Å². The van der Waals surface area contributed by atoms with E-state index in [-0.39, 0.29) is 17.8 Å². The number of hydrogen-bond acceptors (Lipinski definition) is 4. The maximum atomic E-state index is 14.1. The van der Waals surface area contributed by atoms with E-state index >= 15 is 0 Å². The first-order chi connectivity index (χ1) is 9.23. The fourth-order valence-electron chi connectivity index (χ4n) is 2.23. The van der Waals surface area contributed by atoms with Crippen LogP contribution in [0.1, 0.15) is 31.1 Å². The molecule has 0 saturated heterocycles. The Balaban J connectivity index is 2.41. The molecule has 0 bridgehead atoms. The summed E-state index contributed by atoms with van der Waals surface area (Å²) in [5, 5.41) is 12.3. The molecule has 0 spiro atoms. The molecule has 20 heavy (non-hydrogen) atoms. The highest BCUT2D eigenvalue weighted by Gasteiger charge is 2.30. The largest absolute Gasteiger partial charge is 0.389 e. The molecule has 1 aromatic rings. The highest BCUT2D eigenvalue weighted by molar-refractivity contribution is 6.51. The Labute approximate surface area is 116 Å². The second-order valence-electron chi connectivity index (χ2n) is 5.46. The van der Waals surface area contributed by atoms with Crippen molar-refractivity contribution < 1.29 is 19.1 Å². The molecular weight excluding hydrogens is 263 g/mol. The average molecular weight is 280 g/mol. The van der Waals surface area contributed by atoms with Gasteiger partial charge in [0.15, 0.2) is 0 Å². The van der Waals surface area contributed by atoms with Crippen LogP contribution in [0.15, 0.2) is 12.1 Å². The zero-order valence-corrected chi connectivity index (χ0v) is 11.7. The molecule has 0 aliphatic carbocycles. The molecule has 0 fully saturated rings. The number of likely N-dealkylation sites (N-methyl/N-ethyl adjacent to an activating group) is 1. The van der Waals surface area contributed by atoms with Crippen molar-refractivity contribution in [1.82, 2.24) is 0 Å². The summed E-state index contributed by atoms with van der Waals surface area (Å²) in [6.45, 7) is 5.82. The Kier molecular flexibility index (Phi) is 3.52. The third kappa shape index (κ3) is 2.65. The van der Waals surface area contributed by atoms with Crippen molar-refractivity contribution in [3.05, 3.63) is 23.5 Å². The van der Waals surface area contributed by atoms with E-state index in [1.807, 2.05) is 6.92 Å². The minimum Gasteiger partial charge on any atom is -0.389 e. The van der Waals surface area contributed by atoms with Crippen LogP contribution in [0.3, 0.4) is 0 Å². The zero-order valence-electron chi connectivity index (χ0n) is 11.7. The second kappa shape index (κ2) is 4.86. The lowest BCUT2D eigenvalue weighted by molar-refractivity contribution is -0.112. The van der Waals surface area contributed by atoms with Crippen molar-refractivity contribution in [2.45, 2.75) is 26.4 Å². The molecule has 0 atom stereocenters. The Bertz CT molecular complexity index is 579. The minimum atomic E-state index is -0.986. The number of anilines is 2. The van der Waals surface area contributed by atoms with E-state index in [4.69, 9.17) is 0 Å². The molecule has 1 aliphatic rings. The molecular formula is C14H17FN2O3. The van der Waals surface area contributed by atoms with Crippen LogP contribution in [0.25, 0.3) is 0 Å². The van der Waals surface area contributed by atoms with Gasteiger partial charge in [-0.1, -0.05) is 0 Å². The number of halogens is 1. The van der Waals surface area contributed by atoms with Gasteiger partial charge in [-0.2, -0.15) is 0 Å². The van der Waals surface area contributed by atoms with Crippen molar-refractivity contribution in [2.24, 2.45) is 0 Å². The van der Waals surface area contributed by atoms with Gasteiger partial charge < -0.3 is 15.3 Å². The van der Waals surface area contributed by atoms with Crippen molar-refractivity contribution in [3.63, 3.8) is 0 Å². The predicted molar refractivity (Wildman–Crippen MR) is 73.5 cm³/mol. The lowest BCUT2D eigenvalue weighted by atomic mass is 10.1. The lowest BCUT2D eigenvalue weighted by Crippen LogP contribution is -2.39. The molecule has 0 radical (unpaired) electrons. The number of nitrogens with one attached hydrogen (secondary N) is 1. The number of benzene rings is 1. The van der Waals surface area contributed by atoms with Crippen LogP contribution < -0.4 is 10.2 Å². The van der Waals surface area contributed by atoms with E-state index in [1.54, 1.807) is 18.7 Å². The third-order valence-corrected chi connectivity index (χ3v) is 3.09. The summed E-state index contributed by atoms with van der Waals surface area (Å²) in [7, 11) is 0. The number of aliphatic hydroxyl groups is 1. The van der Waals surface area contributed by atoms with E-state index in [2.05, 4.69) is 5.32 Å². The number of ketones is 1. The highest BCUT2D eigenvalue weighted by Crippen LogP contribution is 2.31. The topological polar surface area (TPSA) is 69.6 Å². The van der Waals surface area contributed by atoms with Gasteiger partial charge in [-0.3, -0.25) is 9.59 Å². The molecule has 6 heteroatoms. The molecule has 1 aromatic carbocycles. The SMILES string of the molecule is CCN(CC(C)(C)O)c1cc2c(cc1F)C(=O)C(=O)N2. The summed E-state index contributed by atoms with van der Waals surface area (Å²) >= 11 is 0. The maximum absolute atomic E-state index is 14.1. The molecule has 2 N–H and O–H groups in total. The Morgan fingerprint density at radius 1 is 1.35 bits per heavy atom. The van der Waals surface area contributed by atoms with Crippen molar-refractivity contribution in [3.8, 4) is 0 Å². The number of rotatable bonds is 4. The van der Waals surface area contributed by atoms with E-state index in [9.17, 15) is 19.1 Å². The normalized spacial score (nSPS) is 14.2. The van der Waals surface area contributed by atoms with Crippen LogP contribution in [-0.2, 0) is 4.79 Å². The molecule has 1 amide bonds. The van der Waals surface area contributed by atoms with E-state index in [0.29, 0.717) is 12.2 Å².